The summed E-state index contributed by atoms with van der Waals surface area (Å²) < 4.78 is 0. The standard InChI is InChI=1S/C14H25N3/c1-5-7-11(3)14(16-9-6-2)13-8-10-15-12(4)17-13/h8,10-11,14,16H,5-7,9H2,1-4H3. The van der Waals surface area contributed by atoms with Crippen LogP contribution in [0.1, 0.15) is 57.6 Å². The Morgan fingerprint density at radius 1 is 1.29 bits per heavy atom. The molecule has 0 aromatic carbocycles. The fourth-order valence-electron chi connectivity index (χ4n) is 2.17. The minimum atomic E-state index is 0.358. The Hall–Kier alpha value is -0.960. The van der Waals surface area contributed by atoms with Gasteiger partial charge in [-0.3, -0.25) is 0 Å². The van der Waals surface area contributed by atoms with Crippen molar-refractivity contribution in [3.63, 3.8) is 0 Å². The molecule has 2 atom stereocenters. The molecule has 0 amide bonds. The van der Waals surface area contributed by atoms with E-state index in [0.29, 0.717) is 12.0 Å². The van der Waals surface area contributed by atoms with Crippen LogP contribution < -0.4 is 5.32 Å². The Morgan fingerprint density at radius 3 is 2.65 bits per heavy atom. The van der Waals surface area contributed by atoms with E-state index in [-0.39, 0.29) is 0 Å². The molecule has 0 spiro atoms. The second-order valence-corrected chi connectivity index (χ2v) is 4.73. The molecule has 1 heterocycles. The van der Waals surface area contributed by atoms with E-state index < -0.39 is 0 Å². The third-order valence-electron chi connectivity index (χ3n) is 3.04. The van der Waals surface area contributed by atoms with Crippen molar-refractivity contribution in [1.29, 1.82) is 0 Å². The van der Waals surface area contributed by atoms with Crippen LogP contribution in [0.5, 0.6) is 0 Å². The summed E-state index contributed by atoms with van der Waals surface area (Å²) in [7, 11) is 0. The summed E-state index contributed by atoms with van der Waals surface area (Å²) in [5, 5.41) is 3.61. The quantitative estimate of drug-likeness (QED) is 0.788. The molecule has 0 aliphatic carbocycles. The number of hydrogen-bond donors (Lipinski definition) is 1. The predicted octanol–water partition coefficient (Wildman–Crippen LogP) is 3.26. The number of aromatic nitrogens is 2. The number of rotatable bonds is 7. The molecule has 1 aromatic rings. The van der Waals surface area contributed by atoms with Gasteiger partial charge >= 0.3 is 0 Å². The predicted molar refractivity (Wildman–Crippen MR) is 71.9 cm³/mol. The van der Waals surface area contributed by atoms with Crippen molar-refractivity contribution in [1.82, 2.24) is 15.3 Å². The molecule has 96 valence electrons. The van der Waals surface area contributed by atoms with Crippen molar-refractivity contribution < 1.29 is 0 Å². The van der Waals surface area contributed by atoms with Crippen molar-refractivity contribution in [3.05, 3.63) is 23.8 Å². The molecular weight excluding hydrogens is 210 g/mol. The molecule has 3 heteroatoms. The maximum atomic E-state index is 4.56. The molecule has 0 aliphatic rings. The molecule has 0 fully saturated rings. The van der Waals surface area contributed by atoms with Gasteiger partial charge in [0.25, 0.3) is 0 Å². The summed E-state index contributed by atoms with van der Waals surface area (Å²) in [5.41, 5.74) is 1.13. The van der Waals surface area contributed by atoms with Gasteiger partial charge in [0.1, 0.15) is 5.82 Å². The number of aryl methyl sites for hydroxylation is 1. The molecule has 1 aromatic heterocycles. The van der Waals surface area contributed by atoms with Crippen LogP contribution in [-0.2, 0) is 0 Å². The monoisotopic (exact) mass is 235 g/mol. The number of nitrogens with zero attached hydrogens (tertiary/aromatic N) is 2. The van der Waals surface area contributed by atoms with E-state index in [4.69, 9.17) is 0 Å². The first-order chi connectivity index (χ1) is 8.19. The average Bonchev–Trinajstić information content (AvgIpc) is 2.30. The van der Waals surface area contributed by atoms with E-state index in [2.05, 4.69) is 36.1 Å². The Bertz CT molecular complexity index is 325. The zero-order valence-electron chi connectivity index (χ0n) is 11.5. The number of hydrogen-bond acceptors (Lipinski definition) is 3. The molecule has 0 saturated carbocycles. The van der Waals surface area contributed by atoms with Crippen molar-refractivity contribution in [2.45, 2.75) is 53.0 Å². The first kappa shape index (κ1) is 14.1. The third kappa shape index (κ3) is 4.43. The van der Waals surface area contributed by atoms with Crippen LogP contribution in [0.3, 0.4) is 0 Å². The van der Waals surface area contributed by atoms with E-state index in [1.807, 2.05) is 19.2 Å². The summed E-state index contributed by atoms with van der Waals surface area (Å²) in [6.45, 7) is 9.72. The fourth-order valence-corrected chi connectivity index (χ4v) is 2.17. The van der Waals surface area contributed by atoms with Crippen LogP contribution in [0.25, 0.3) is 0 Å². The minimum absolute atomic E-state index is 0.358. The van der Waals surface area contributed by atoms with Crippen LogP contribution in [0.4, 0.5) is 0 Å². The van der Waals surface area contributed by atoms with Gasteiger partial charge in [-0.1, -0.05) is 27.2 Å². The molecule has 0 aliphatic heterocycles. The van der Waals surface area contributed by atoms with E-state index in [1.54, 1.807) is 0 Å². The highest BCUT2D eigenvalue weighted by Gasteiger charge is 2.19. The molecule has 17 heavy (non-hydrogen) atoms. The maximum Gasteiger partial charge on any atom is 0.125 e. The molecule has 1 rings (SSSR count). The van der Waals surface area contributed by atoms with E-state index >= 15 is 0 Å². The Balaban J connectivity index is 2.81. The molecule has 0 saturated heterocycles. The van der Waals surface area contributed by atoms with Crippen molar-refractivity contribution >= 4 is 0 Å². The first-order valence-electron chi connectivity index (χ1n) is 6.72. The summed E-state index contributed by atoms with van der Waals surface area (Å²) in [5.74, 6) is 1.47. The average molecular weight is 235 g/mol. The SMILES string of the molecule is CCCNC(c1ccnc(C)n1)C(C)CCC. The Labute approximate surface area is 105 Å². The van der Waals surface area contributed by atoms with Crippen molar-refractivity contribution in [2.75, 3.05) is 6.54 Å². The smallest absolute Gasteiger partial charge is 0.125 e. The molecular formula is C14H25N3. The summed E-state index contributed by atoms with van der Waals surface area (Å²) in [4.78, 5) is 8.73. The van der Waals surface area contributed by atoms with E-state index in [1.165, 1.54) is 12.8 Å². The van der Waals surface area contributed by atoms with E-state index in [0.717, 1.165) is 24.5 Å². The van der Waals surface area contributed by atoms with Gasteiger partial charge in [-0.15, -0.1) is 0 Å². The van der Waals surface area contributed by atoms with Crippen LogP contribution in [0.15, 0.2) is 12.3 Å². The molecule has 0 radical (unpaired) electrons. The maximum absolute atomic E-state index is 4.56. The zero-order valence-corrected chi connectivity index (χ0v) is 11.5. The Kier molecular flexibility index (Phi) is 6.12. The van der Waals surface area contributed by atoms with Gasteiger partial charge in [0, 0.05) is 6.20 Å². The molecule has 0 bridgehead atoms. The minimum Gasteiger partial charge on any atom is -0.308 e. The van der Waals surface area contributed by atoms with Crippen LogP contribution in [-0.4, -0.2) is 16.5 Å². The summed E-state index contributed by atoms with van der Waals surface area (Å²) in [6.07, 6.45) is 5.45. The zero-order chi connectivity index (χ0) is 12.7. The lowest BCUT2D eigenvalue weighted by Crippen LogP contribution is -2.28. The Morgan fingerprint density at radius 2 is 2.06 bits per heavy atom. The van der Waals surface area contributed by atoms with Crippen molar-refractivity contribution in [3.8, 4) is 0 Å². The first-order valence-corrected chi connectivity index (χ1v) is 6.72. The lowest BCUT2D eigenvalue weighted by atomic mass is 9.94. The highest BCUT2D eigenvalue weighted by atomic mass is 15.0. The topological polar surface area (TPSA) is 37.8 Å². The lowest BCUT2D eigenvalue weighted by Gasteiger charge is -2.24. The van der Waals surface area contributed by atoms with Gasteiger partial charge in [-0.25, -0.2) is 9.97 Å². The van der Waals surface area contributed by atoms with Gasteiger partial charge in [-0.05, 0) is 38.3 Å². The lowest BCUT2D eigenvalue weighted by molar-refractivity contribution is 0.356. The van der Waals surface area contributed by atoms with Gasteiger partial charge < -0.3 is 5.32 Å². The van der Waals surface area contributed by atoms with Crippen LogP contribution >= 0.6 is 0 Å². The van der Waals surface area contributed by atoms with Gasteiger partial charge in [0.05, 0.1) is 11.7 Å². The summed E-state index contributed by atoms with van der Waals surface area (Å²) >= 11 is 0. The molecule has 1 N–H and O–H groups in total. The largest absolute Gasteiger partial charge is 0.308 e. The van der Waals surface area contributed by atoms with Gasteiger partial charge in [0.15, 0.2) is 0 Å². The fraction of sp³-hybridized carbons (Fsp3) is 0.714. The second kappa shape index (κ2) is 7.38. The van der Waals surface area contributed by atoms with Crippen molar-refractivity contribution in [2.24, 2.45) is 5.92 Å². The summed E-state index contributed by atoms with van der Waals surface area (Å²) in [6, 6.07) is 2.39. The highest BCUT2D eigenvalue weighted by Crippen LogP contribution is 2.23. The normalized spacial score (nSPS) is 14.6. The van der Waals surface area contributed by atoms with Gasteiger partial charge in [0.2, 0.25) is 0 Å². The van der Waals surface area contributed by atoms with Gasteiger partial charge in [-0.2, -0.15) is 0 Å². The third-order valence-corrected chi connectivity index (χ3v) is 3.04. The second-order valence-electron chi connectivity index (χ2n) is 4.73. The van der Waals surface area contributed by atoms with Crippen LogP contribution in [0.2, 0.25) is 0 Å². The molecule has 2 unspecified atom stereocenters. The molecule has 3 nitrogen and oxygen atoms in total. The number of nitrogens with one attached hydrogen (secondary N) is 1. The van der Waals surface area contributed by atoms with Crippen LogP contribution in [0, 0.1) is 12.8 Å². The van der Waals surface area contributed by atoms with E-state index in [9.17, 15) is 0 Å². The highest BCUT2D eigenvalue weighted by molar-refractivity contribution is 5.08.